The van der Waals surface area contributed by atoms with Crippen LogP contribution in [-0.4, -0.2) is 172 Å². The average molecular weight is 1130 g/mol. The van der Waals surface area contributed by atoms with Crippen molar-refractivity contribution in [3.05, 3.63) is 125 Å². The number of anilines is 1. The Bertz CT molecular complexity index is 3060. The first-order chi connectivity index (χ1) is 37.8. The molecule has 3 aliphatic rings. The number of aromatic nitrogens is 1. The summed E-state index contributed by atoms with van der Waals surface area (Å²) in [5, 5.41) is 5.86. The van der Waals surface area contributed by atoms with E-state index in [9.17, 15) is 33.6 Å². The summed E-state index contributed by atoms with van der Waals surface area (Å²) < 4.78 is 28.1. The Balaban J connectivity index is 0.733. The van der Waals surface area contributed by atoms with Crippen LogP contribution in [0.4, 0.5) is 10.5 Å². The van der Waals surface area contributed by atoms with Gasteiger partial charge in [0, 0.05) is 129 Å². The van der Waals surface area contributed by atoms with Crippen molar-refractivity contribution in [2.45, 2.75) is 38.5 Å². The van der Waals surface area contributed by atoms with Crippen molar-refractivity contribution in [3.8, 4) is 5.75 Å². The van der Waals surface area contributed by atoms with Crippen LogP contribution >= 0.6 is 15.9 Å². The molecule has 5 amide bonds. The first-order valence-electron chi connectivity index (χ1n) is 26.2. The molecular weight excluding hydrogens is 1070 g/mol. The highest BCUT2D eigenvalue weighted by Gasteiger charge is 2.36. The van der Waals surface area contributed by atoms with Crippen molar-refractivity contribution < 1.29 is 57.2 Å². The molecule has 1 atom stereocenters. The Hall–Kier alpha value is -7.07. The average Bonchev–Trinajstić information content (AvgIpc) is 4.24. The van der Waals surface area contributed by atoms with Crippen molar-refractivity contribution in [2.24, 2.45) is 5.73 Å². The summed E-state index contributed by atoms with van der Waals surface area (Å²) in [7, 11) is 2.03. The number of carbonyl (C=O) groups is 7. The van der Waals surface area contributed by atoms with Crippen molar-refractivity contribution >= 4 is 90.2 Å². The SMILES string of the molecule is C/C(=C(/N)CC(=O)CCOCCOCCOCCOCCNC(=O)CCN1C(=O)C=CC1=O)c1ccc(C(=O)Cc2ccc3[nH]c(C(=O)N4C[C@@H](CBr)c5c4cc(OC(=O)N4CCN(C)CC4)c4ccccc54)cc3c2)cc1. The number of H-pyrrole nitrogens is 1. The Morgan fingerprint density at radius 2 is 1.40 bits per heavy atom. The fraction of sp³-hybridized carbons (Fsp3) is 0.397. The van der Waals surface area contributed by atoms with E-state index in [0.29, 0.717) is 106 Å². The molecule has 0 bridgehead atoms. The molecule has 412 valence electrons. The molecule has 4 N–H and O–H groups in total. The van der Waals surface area contributed by atoms with Crippen LogP contribution in [0.15, 0.2) is 96.7 Å². The van der Waals surface area contributed by atoms with Crippen LogP contribution in [0.1, 0.15) is 69.6 Å². The number of amides is 5. The monoisotopic (exact) mass is 1130 g/mol. The van der Waals surface area contributed by atoms with E-state index in [1.165, 1.54) is 12.2 Å². The lowest BCUT2D eigenvalue weighted by Gasteiger charge is -2.31. The van der Waals surface area contributed by atoms with Gasteiger partial charge in [0.25, 0.3) is 17.7 Å². The van der Waals surface area contributed by atoms with E-state index in [1.54, 1.807) is 21.9 Å². The van der Waals surface area contributed by atoms with Crippen molar-refractivity contribution in [1.29, 1.82) is 0 Å². The summed E-state index contributed by atoms with van der Waals surface area (Å²) in [6.45, 7) is 7.87. The van der Waals surface area contributed by atoms with Gasteiger partial charge < -0.3 is 54.4 Å². The summed E-state index contributed by atoms with van der Waals surface area (Å²) in [5.74, 6) is -1.05. The van der Waals surface area contributed by atoms with Crippen LogP contribution in [0.25, 0.3) is 27.2 Å². The highest BCUT2D eigenvalue weighted by molar-refractivity contribution is 9.09. The minimum atomic E-state index is -0.417. The maximum Gasteiger partial charge on any atom is 0.415 e. The summed E-state index contributed by atoms with van der Waals surface area (Å²) >= 11 is 3.70. The quantitative estimate of drug-likeness (QED) is 0.0231. The van der Waals surface area contributed by atoms with E-state index >= 15 is 0 Å². The number of hydrogen-bond acceptors (Lipinski definition) is 14. The van der Waals surface area contributed by atoms with Crippen LogP contribution < -0.4 is 20.7 Å². The molecule has 1 saturated heterocycles. The number of nitrogens with zero attached hydrogens (tertiary/aromatic N) is 4. The number of carbonyl (C=O) groups excluding carboxylic acids is 7. The number of aromatic amines is 1. The number of piperazine rings is 1. The smallest absolute Gasteiger partial charge is 0.409 e. The van der Waals surface area contributed by atoms with Gasteiger partial charge in [-0.2, -0.15) is 0 Å². The zero-order chi connectivity index (χ0) is 55.1. The number of ether oxygens (including phenoxy) is 5. The maximum absolute atomic E-state index is 14.4. The lowest BCUT2D eigenvalue weighted by molar-refractivity contribution is -0.137. The van der Waals surface area contributed by atoms with E-state index in [1.807, 2.05) is 80.7 Å². The predicted molar refractivity (Wildman–Crippen MR) is 298 cm³/mol. The number of fused-ring (bicyclic) bond motifs is 4. The third-order valence-corrected chi connectivity index (χ3v) is 14.8. The first kappa shape index (κ1) is 57.1. The number of Topliss-reactive ketones (excluding diaryl/α,β-unsaturated/α-hetero) is 2. The van der Waals surface area contributed by atoms with Crippen LogP contribution in [0.5, 0.6) is 5.75 Å². The van der Waals surface area contributed by atoms with Gasteiger partial charge in [-0.3, -0.25) is 33.7 Å². The van der Waals surface area contributed by atoms with Gasteiger partial charge in [-0.1, -0.05) is 70.5 Å². The number of halogens is 1. The van der Waals surface area contributed by atoms with Gasteiger partial charge in [-0.25, -0.2) is 4.79 Å². The minimum absolute atomic E-state index is 0.00857. The molecule has 20 heteroatoms. The molecule has 4 heterocycles. The molecule has 4 aromatic carbocycles. The van der Waals surface area contributed by atoms with Gasteiger partial charge in [0.15, 0.2) is 5.78 Å². The van der Waals surface area contributed by atoms with E-state index in [-0.39, 0.29) is 68.1 Å². The minimum Gasteiger partial charge on any atom is -0.409 e. The Morgan fingerprint density at radius 3 is 2.08 bits per heavy atom. The summed E-state index contributed by atoms with van der Waals surface area (Å²) in [6, 6.07) is 24.3. The first-order valence-corrected chi connectivity index (χ1v) is 27.3. The molecule has 0 spiro atoms. The Morgan fingerprint density at radius 1 is 0.756 bits per heavy atom. The van der Waals surface area contributed by atoms with Crippen molar-refractivity contribution in [2.75, 3.05) is 116 Å². The van der Waals surface area contributed by atoms with E-state index < -0.39 is 17.9 Å². The van der Waals surface area contributed by atoms with Gasteiger partial charge in [0.1, 0.15) is 17.2 Å². The summed E-state index contributed by atoms with van der Waals surface area (Å²) in [4.78, 5) is 99.1. The Labute approximate surface area is 461 Å². The molecule has 3 aliphatic heterocycles. The van der Waals surface area contributed by atoms with E-state index in [0.717, 1.165) is 61.9 Å². The number of likely N-dealkylation sites (N-methyl/N-ethyl adjacent to an activating group) is 1. The molecule has 0 radical (unpaired) electrons. The largest absolute Gasteiger partial charge is 0.415 e. The second-order valence-corrected chi connectivity index (χ2v) is 20.0. The zero-order valence-electron chi connectivity index (χ0n) is 44.0. The number of benzene rings is 4. The van der Waals surface area contributed by atoms with Crippen molar-refractivity contribution in [3.63, 3.8) is 0 Å². The number of imide groups is 1. The van der Waals surface area contributed by atoms with Crippen molar-refractivity contribution in [1.82, 2.24) is 25.0 Å². The number of nitrogens with two attached hydrogens (primary N) is 1. The standard InChI is InChI=1S/C58H66BrN7O12/c1-38(47(60)34-44(67)16-23-74-25-27-76-29-30-77-28-26-75-24-17-61-53(69)15-18-65-54(70)13-14-55(65)71)40-8-10-41(11-9-40)51(68)32-39-7-12-48-42(31-39)33-49(62-48)57(72)66-37-43(36-59)56-46-6-4-3-5-45(46)52(35-50(56)66)78-58(73)64-21-19-63(2)20-22-64/h3-14,31,33,35,43,62H,15-30,32,34,36-37,60H2,1-2H3,(H,61,69)/b47-38-/t43-/m1/s1. The number of nitrogens with one attached hydrogen (secondary N) is 2. The van der Waals surface area contributed by atoms with Gasteiger partial charge in [-0.15, -0.1) is 0 Å². The number of allylic oxidation sites excluding steroid dienone is 2. The number of ketones is 2. The van der Waals surface area contributed by atoms with Crippen LogP contribution in [-0.2, 0) is 44.5 Å². The molecule has 0 saturated carbocycles. The third-order valence-electron chi connectivity index (χ3n) is 14.0. The van der Waals surface area contributed by atoms with Crippen LogP contribution in [0.3, 0.4) is 0 Å². The summed E-state index contributed by atoms with van der Waals surface area (Å²) in [5.41, 5.74) is 12.6. The summed E-state index contributed by atoms with van der Waals surface area (Å²) in [6.07, 6.45) is 2.39. The second-order valence-electron chi connectivity index (χ2n) is 19.4. The number of hydrogen-bond donors (Lipinski definition) is 3. The van der Waals surface area contributed by atoms with Crippen LogP contribution in [0, 0.1) is 0 Å². The van der Waals surface area contributed by atoms with Gasteiger partial charge in [-0.05, 0) is 59.8 Å². The molecule has 1 aromatic heterocycles. The number of rotatable bonds is 27. The molecule has 0 aliphatic carbocycles. The fourth-order valence-corrected chi connectivity index (χ4v) is 10.0. The molecule has 0 unspecified atom stereocenters. The maximum atomic E-state index is 14.4. The van der Waals surface area contributed by atoms with Gasteiger partial charge in [0.2, 0.25) is 5.91 Å². The van der Waals surface area contributed by atoms with E-state index in [4.69, 9.17) is 29.4 Å². The number of alkyl halides is 1. The van der Waals surface area contributed by atoms with Crippen LogP contribution in [0.2, 0.25) is 0 Å². The van der Waals surface area contributed by atoms with E-state index in [2.05, 4.69) is 31.1 Å². The third kappa shape index (κ3) is 14.7. The lowest BCUT2D eigenvalue weighted by Crippen LogP contribution is -2.48. The zero-order valence-corrected chi connectivity index (χ0v) is 45.6. The topological polar surface area (TPSA) is 232 Å². The highest BCUT2D eigenvalue weighted by atomic mass is 79.9. The second kappa shape index (κ2) is 27.5. The van der Waals surface area contributed by atoms with Gasteiger partial charge in [0.05, 0.1) is 58.5 Å². The molecule has 78 heavy (non-hydrogen) atoms. The lowest BCUT2D eigenvalue weighted by atomic mass is 9.95. The molecule has 19 nitrogen and oxygen atoms in total. The Kier molecular flexibility index (Phi) is 20.1. The molecule has 5 aromatic rings. The normalized spacial score (nSPS) is 15.8. The molecule has 8 rings (SSSR count). The predicted octanol–water partition coefficient (Wildman–Crippen LogP) is 6.17. The highest BCUT2D eigenvalue weighted by Crippen LogP contribution is 2.46. The fourth-order valence-electron chi connectivity index (χ4n) is 9.49. The molecule has 1 fully saturated rings. The molecular formula is C58H66BrN7O12. The van der Waals surface area contributed by atoms with Gasteiger partial charge >= 0.3 is 6.09 Å².